The highest BCUT2D eigenvalue weighted by Gasteiger charge is 2.17. The fourth-order valence-electron chi connectivity index (χ4n) is 1.47. The minimum atomic E-state index is -0.132. The SMILES string of the molecule is CCc1nnc(C)cc1C(=O)N(C)CC(N)=S. The van der Waals surface area contributed by atoms with Gasteiger partial charge < -0.3 is 10.6 Å². The van der Waals surface area contributed by atoms with Gasteiger partial charge in [-0.2, -0.15) is 10.2 Å². The Balaban J connectivity index is 3.02. The summed E-state index contributed by atoms with van der Waals surface area (Å²) in [7, 11) is 1.66. The maximum Gasteiger partial charge on any atom is 0.255 e. The average molecular weight is 252 g/mol. The predicted molar refractivity (Wildman–Crippen MR) is 69.9 cm³/mol. The summed E-state index contributed by atoms with van der Waals surface area (Å²) in [6, 6.07) is 1.74. The molecule has 17 heavy (non-hydrogen) atoms. The van der Waals surface area contributed by atoms with Crippen LogP contribution in [0.25, 0.3) is 0 Å². The Morgan fingerprint density at radius 3 is 2.71 bits per heavy atom. The first-order chi connectivity index (χ1) is 7.95. The monoisotopic (exact) mass is 252 g/mol. The van der Waals surface area contributed by atoms with Gasteiger partial charge in [0.1, 0.15) is 0 Å². The van der Waals surface area contributed by atoms with Crippen molar-refractivity contribution in [3.05, 3.63) is 23.0 Å². The zero-order valence-electron chi connectivity index (χ0n) is 10.2. The third-order valence-electron chi connectivity index (χ3n) is 2.30. The van der Waals surface area contributed by atoms with Gasteiger partial charge in [0.25, 0.3) is 5.91 Å². The first-order valence-electron chi connectivity index (χ1n) is 5.32. The van der Waals surface area contributed by atoms with Crippen molar-refractivity contribution in [2.45, 2.75) is 20.3 Å². The Hall–Kier alpha value is -1.56. The third-order valence-corrected chi connectivity index (χ3v) is 2.43. The van der Waals surface area contributed by atoms with Crippen LogP contribution in [0.1, 0.15) is 28.7 Å². The van der Waals surface area contributed by atoms with Crippen LogP contribution in [0, 0.1) is 6.92 Å². The second-order valence-electron chi connectivity index (χ2n) is 3.83. The van der Waals surface area contributed by atoms with Crippen molar-refractivity contribution in [1.82, 2.24) is 15.1 Å². The van der Waals surface area contributed by atoms with Crippen LogP contribution in [-0.2, 0) is 6.42 Å². The number of likely N-dealkylation sites (N-methyl/N-ethyl adjacent to an activating group) is 1. The third kappa shape index (κ3) is 3.45. The second kappa shape index (κ2) is 5.67. The molecule has 0 unspecified atom stereocenters. The van der Waals surface area contributed by atoms with E-state index in [4.69, 9.17) is 18.0 Å². The van der Waals surface area contributed by atoms with Gasteiger partial charge in [-0.05, 0) is 19.4 Å². The van der Waals surface area contributed by atoms with Gasteiger partial charge in [-0.3, -0.25) is 4.79 Å². The van der Waals surface area contributed by atoms with Gasteiger partial charge in [0.2, 0.25) is 0 Å². The highest BCUT2D eigenvalue weighted by atomic mass is 32.1. The van der Waals surface area contributed by atoms with E-state index in [0.717, 1.165) is 0 Å². The van der Waals surface area contributed by atoms with Crippen molar-refractivity contribution in [2.75, 3.05) is 13.6 Å². The average Bonchev–Trinajstić information content (AvgIpc) is 2.27. The van der Waals surface area contributed by atoms with Crippen LogP contribution in [0.4, 0.5) is 0 Å². The van der Waals surface area contributed by atoms with Crippen molar-refractivity contribution >= 4 is 23.1 Å². The van der Waals surface area contributed by atoms with E-state index in [0.29, 0.717) is 23.4 Å². The summed E-state index contributed by atoms with van der Waals surface area (Å²) in [4.78, 5) is 13.9. The fourth-order valence-corrected chi connectivity index (χ4v) is 1.67. The number of nitrogens with zero attached hydrogens (tertiary/aromatic N) is 3. The predicted octanol–water partition coefficient (Wildman–Crippen LogP) is 0.706. The van der Waals surface area contributed by atoms with Gasteiger partial charge in [-0.25, -0.2) is 0 Å². The van der Waals surface area contributed by atoms with Gasteiger partial charge in [0.05, 0.1) is 28.5 Å². The molecule has 0 bridgehead atoms. The molecule has 6 heteroatoms. The molecule has 5 nitrogen and oxygen atoms in total. The van der Waals surface area contributed by atoms with Gasteiger partial charge in [0, 0.05) is 7.05 Å². The molecule has 0 spiro atoms. The van der Waals surface area contributed by atoms with E-state index in [1.54, 1.807) is 20.0 Å². The summed E-state index contributed by atoms with van der Waals surface area (Å²) >= 11 is 4.78. The van der Waals surface area contributed by atoms with E-state index in [-0.39, 0.29) is 17.4 Å². The Bertz CT molecular complexity index is 447. The van der Waals surface area contributed by atoms with Crippen molar-refractivity contribution < 1.29 is 4.79 Å². The number of amides is 1. The zero-order chi connectivity index (χ0) is 13.0. The molecule has 0 aliphatic rings. The largest absolute Gasteiger partial charge is 0.392 e. The van der Waals surface area contributed by atoms with Crippen LogP contribution in [0.5, 0.6) is 0 Å². The molecular weight excluding hydrogens is 236 g/mol. The lowest BCUT2D eigenvalue weighted by atomic mass is 10.1. The lowest BCUT2D eigenvalue weighted by molar-refractivity contribution is 0.0813. The molecular formula is C11H16N4OS. The van der Waals surface area contributed by atoms with Crippen LogP contribution in [0.3, 0.4) is 0 Å². The van der Waals surface area contributed by atoms with Crippen LogP contribution in [0.2, 0.25) is 0 Å². The minimum Gasteiger partial charge on any atom is -0.392 e. The number of carbonyl (C=O) groups excluding carboxylic acids is 1. The highest BCUT2D eigenvalue weighted by molar-refractivity contribution is 7.80. The first kappa shape index (κ1) is 13.5. The second-order valence-corrected chi connectivity index (χ2v) is 4.35. The maximum atomic E-state index is 12.2. The molecule has 1 rings (SSSR count). The highest BCUT2D eigenvalue weighted by Crippen LogP contribution is 2.10. The number of aromatic nitrogens is 2. The molecule has 0 saturated carbocycles. The quantitative estimate of drug-likeness (QED) is 0.799. The van der Waals surface area contributed by atoms with Crippen molar-refractivity contribution in [3.8, 4) is 0 Å². The van der Waals surface area contributed by atoms with Crippen LogP contribution < -0.4 is 5.73 Å². The lowest BCUT2D eigenvalue weighted by Gasteiger charge is -2.17. The molecule has 0 aliphatic carbocycles. The number of rotatable bonds is 4. The van der Waals surface area contributed by atoms with E-state index < -0.39 is 0 Å². The van der Waals surface area contributed by atoms with Crippen LogP contribution in [0.15, 0.2) is 6.07 Å². The normalized spacial score (nSPS) is 10.1. The summed E-state index contributed by atoms with van der Waals surface area (Å²) in [6.45, 7) is 4.00. The number of nitrogens with two attached hydrogens (primary N) is 1. The van der Waals surface area contributed by atoms with Crippen molar-refractivity contribution in [2.24, 2.45) is 5.73 Å². The summed E-state index contributed by atoms with van der Waals surface area (Å²) < 4.78 is 0. The molecule has 0 fully saturated rings. The van der Waals surface area contributed by atoms with Gasteiger partial charge in [-0.15, -0.1) is 0 Å². The van der Waals surface area contributed by atoms with Crippen LogP contribution >= 0.6 is 12.2 Å². The molecule has 92 valence electrons. The molecule has 1 aromatic heterocycles. The molecule has 0 aliphatic heterocycles. The topological polar surface area (TPSA) is 72.1 Å². The molecule has 0 radical (unpaired) electrons. The molecule has 0 aromatic carbocycles. The van der Waals surface area contributed by atoms with E-state index in [2.05, 4.69) is 10.2 Å². The Morgan fingerprint density at radius 2 is 2.18 bits per heavy atom. The van der Waals surface area contributed by atoms with E-state index in [1.807, 2.05) is 6.92 Å². The summed E-state index contributed by atoms with van der Waals surface area (Å²) in [5, 5.41) is 7.96. The van der Waals surface area contributed by atoms with Crippen LogP contribution in [-0.4, -0.2) is 39.6 Å². The molecule has 2 N–H and O–H groups in total. The number of hydrogen-bond donors (Lipinski definition) is 1. The first-order valence-corrected chi connectivity index (χ1v) is 5.73. The number of aryl methyl sites for hydroxylation is 2. The number of thiocarbonyl (C=S) groups is 1. The molecule has 0 atom stereocenters. The van der Waals surface area contributed by atoms with Crippen molar-refractivity contribution in [3.63, 3.8) is 0 Å². The van der Waals surface area contributed by atoms with Gasteiger partial charge in [0.15, 0.2) is 0 Å². The Morgan fingerprint density at radius 1 is 1.53 bits per heavy atom. The Kier molecular flexibility index (Phi) is 4.51. The van der Waals surface area contributed by atoms with Gasteiger partial charge >= 0.3 is 0 Å². The summed E-state index contributed by atoms with van der Waals surface area (Å²) in [5.74, 6) is -0.132. The fraction of sp³-hybridized carbons (Fsp3) is 0.455. The number of carbonyl (C=O) groups is 1. The lowest BCUT2D eigenvalue weighted by Crippen LogP contribution is -2.35. The van der Waals surface area contributed by atoms with E-state index >= 15 is 0 Å². The number of hydrogen-bond acceptors (Lipinski definition) is 4. The zero-order valence-corrected chi connectivity index (χ0v) is 11.0. The Labute approximate surface area is 106 Å². The molecule has 0 saturated heterocycles. The van der Waals surface area contributed by atoms with Gasteiger partial charge in [-0.1, -0.05) is 19.1 Å². The molecule has 1 heterocycles. The standard InChI is InChI=1S/C11H16N4OS/c1-4-9-8(5-7(2)13-14-9)11(16)15(3)6-10(12)17/h5H,4,6H2,1-3H3,(H2,12,17). The maximum absolute atomic E-state index is 12.2. The van der Waals surface area contributed by atoms with E-state index in [1.165, 1.54) is 4.90 Å². The molecule has 1 amide bonds. The smallest absolute Gasteiger partial charge is 0.255 e. The van der Waals surface area contributed by atoms with E-state index in [9.17, 15) is 4.79 Å². The summed E-state index contributed by atoms with van der Waals surface area (Å²) in [5.41, 5.74) is 7.39. The molecule has 1 aromatic rings. The minimum absolute atomic E-state index is 0.132. The van der Waals surface area contributed by atoms with Crippen molar-refractivity contribution in [1.29, 1.82) is 0 Å². The summed E-state index contributed by atoms with van der Waals surface area (Å²) in [6.07, 6.45) is 0.662.